The van der Waals surface area contributed by atoms with Crippen LogP contribution in [-0.2, 0) is 12.3 Å². The molecule has 0 fully saturated rings. The maximum absolute atomic E-state index is 13.7. The Hall–Kier alpha value is -1.03. The van der Waals surface area contributed by atoms with Gasteiger partial charge in [-0.3, -0.25) is 0 Å². The van der Waals surface area contributed by atoms with Crippen molar-refractivity contribution >= 4 is 23.4 Å². The summed E-state index contributed by atoms with van der Waals surface area (Å²) in [5.41, 5.74) is 1.83. The number of thioether (sulfide) groups is 1. The number of benzene rings is 2. The van der Waals surface area contributed by atoms with Crippen LogP contribution >= 0.6 is 23.4 Å². The highest BCUT2D eigenvalue weighted by Gasteiger charge is 2.07. The van der Waals surface area contributed by atoms with Gasteiger partial charge in [0.05, 0.1) is 0 Å². The monoisotopic (exact) mass is 323 g/mol. The molecule has 0 radical (unpaired) electrons. The first kappa shape index (κ1) is 16.3. The van der Waals surface area contributed by atoms with Gasteiger partial charge in [-0.25, -0.2) is 4.39 Å². The van der Waals surface area contributed by atoms with Gasteiger partial charge in [-0.05, 0) is 42.8 Å². The van der Waals surface area contributed by atoms with Crippen molar-refractivity contribution in [1.29, 1.82) is 0 Å². The lowest BCUT2D eigenvalue weighted by atomic mass is 10.2. The average molecular weight is 324 g/mol. The molecule has 0 bridgehead atoms. The normalized spacial score (nSPS) is 10.8. The van der Waals surface area contributed by atoms with Gasteiger partial charge in [-0.1, -0.05) is 36.7 Å². The van der Waals surface area contributed by atoms with Gasteiger partial charge in [0.25, 0.3) is 0 Å². The van der Waals surface area contributed by atoms with Crippen molar-refractivity contribution in [2.75, 3.05) is 6.54 Å². The number of rotatable bonds is 7. The molecule has 21 heavy (non-hydrogen) atoms. The highest BCUT2D eigenvalue weighted by molar-refractivity contribution is 7.98. The maximum Gasteiger partial charge on any atom is 0.128 e. The second-order valence-electron chi connectivity index (χ2n) is 4.81. The molecule has 0 spiro atoms. The fourth-order valence-corrected chi connectivity index (χ4v) is 3.18. The lowest BCUT2D eigenvalue weighted by Crippen LogP contribution is -2.13. The summed E-state index contributed by atoms with van der Waals surface area (Å²) in [5.74, 6) is 0.300. The molecular weight excluding hydrogens is 305 g/mol. The molecule has 0 atom stereocenters. The summed E-state index contributed by atoms with van der Waals surface area (Å²) in [5, 5.41) is 3.86. The Labute approximate surface area is 134 Å². The van der Waals surface area contributed by atoms with Gasteiger partial charge in [0, 0.05) is 27.8 Å². The Morgan fingerprint density at radius 3 is 2.57 bits per heavy atom. The molecule has 0 amide bonds. The predicted octanol–water partition coefficient (Wildman–Crippen LogP) is 5.27. The third-order valence-corrected chi connectivity index (χ3v) is 4.52. The number of hydrogen-bond acceptors (Lipinski definition) is 2. The van der Waals surface area contributed by atoms with E-state index in [0.717, 1.165) is 24.4 Å². The minimum absolute atomic E-state index is 0.240. The highest BCUT2D eigenvalue weighted by Crippen LogP contribution is 2.28. The zero-order chi connectivity index (χ0) is 15.1. The van der Waals surface area contributed by atoms with Crippen molar-refractivity contribution in [3.05, 3.63) is 64.4 Å². The van der Waals surface area contributed by atoms with E-state index in [1.54, 1.807) is 23.9 Å². The second-order valence-corrected chi connectivity index (χ2v) is 6.27. The van der Waals surface area contributed by atoms with Gasteiger partial charge in [0.1, 0.15) is 5.82 Å². The fraction of sp³-hybridized carbons (Fsp3) is 0.294. The molecule has 0 aromatic heterocycles. The SMILES string of the molecule is CCCNCc1ccc(SCc2c(F)cccc2Cl)cc1. The predicted molar refractivity (Wildman–Crippen MR) is 89.4 cm³/mol. The molecule has 0 saturated carbocycles. The van der Waals surface area contributed by atoms with E-state index in [9.17, 15) is 4.39 Å². The molecule has 112 valence electrons. The van der Waals surface area contributed by atoms with Crippen molar-refractivity contribution in [1.82, 2.24) is 5.32 Å². The Morgan fingerprint density at radius 2 is 1.90 bits per heavy atom. The van der Waals surface area contributed by atoms with E-state index < -0.39 is 0 Å². The molecule has 0 aliphatic rings. The third-order valence-electron chi connectivity index (χ3n) is 3.12. The van der Waals surface area contributed by atoms with Crippen LogP contribution in [0.2, 0.25) is 5.02 Å². The van der Waals surface area contributed by atoms with Crippen molar-refractivity contribution in [2.24, 2.45) is 0 Å². The molecule has 1 N–H and O–H groups in total. The van der Waals surface area contributed by atoms with Gasteiger partial charge in [-0.15, -0.1) is 11.8 Å². The average Bonchev–Trinajstić information content (AvgIpc) is 2.48. The summed E-state index contributed by atoms with van der Waals surface area (Å²) in [6.07, 6.45) is 1.14. The first-order valence-electron chi connectivity index (χ1n) is 7.06. The molecule has 0 aliphatic heterocycles. The summed E-state index contributed by atoms with van der Waals surface area (Å²) < 4.78 is 13.7. The molecule has 2 rings (SSSR count). The van der Waals surface area contributed by atoms with Crippen LogP contribution in [0, 0.1) is 5.82 Å². The van der Waals surface area contributed by atoms with E-state index in [0.29, 0.717) is 16.3 Å². The first-order chi connectivity index (χ1) is 10.2. The summed E-state index contributed by atoms with van der Waals surface area (Å²) in [6.45, 7) is 4.07. The van der Waals surface area contributed by atoms with E-state index in [4.69, 9.17) is 11.6 Å². The number of nitrogens with one attached hydrogen (secondary N) is 1. The van der Waals surface area contributed by atoms with Crippen LogP contribution in [0.3, 0.4) is 0 Å². The zero-order valence-electron chi connectivity index (χ0n) is 12.0. The largest absolute Gasteiger partial charge is 0.313 e. The lowest BCUT2D eigenvalue weighted by Gasteiger charge is -2.07. The summed E-state index contributed by atoms with van der Waals surface area (Å²) in [6, 6.07) is 13.2. The Balaban J connectivity index is 1.92. The van der Waals surface area contributed by atoms with Crippen LogP contribution in [-0.4, -0.2) is 6.54 Å². The van der Waals surface area contributed by atoms with Crippen molar-refractivity contribution in [3.8, 4) is 0 Å². The summed E-state index contributed by atoms with van der Waals surface area (Å²) in [7, 11) is 0. The third kappa shape index (κ3) is 5.03. The van der Waals surface area contributed by atoms with Crippen LogP contribution in [0.25, 0.3) is 0 Å². The Morgan fingerprint density at radius 1 is 1.14 bits per heavy atom. The molecular formula is C17H19ClFNS. The first-order valence-corrected chi connectivity index (χ1v) is 8.42. The van der Waals surface area contributed by atoms with Gasteiger partial charge in [-0.2, -0.15) is 0 Å². The van der Waals surface area contributed by atoms with Gasteiger partial charge < -0.3 is 5.32 Å². The Bertz CT molecular complexity index is 551. The van der Waals surface area contributed by atoms with Crippen LogP contribution in [0.5, 0.6) is 0 Å². The van der Waals surface area contributed by atoms with Gasteiger partial charge >= 0.3 is 0 Å². The Kier molecular flexibility index (Phi) is 6.55. The minimum Gasteiger partial charge on any atom is -0.313 e. The number of hydrogen-bond donors (Lipinski definition) is 1. The van der Waals surface area contributed by atoms with Crippen molar-refractivity contribution < 1.29 is 4.39 Å². The maximum atomic E-state index is 13.7. The summed E-state index contributed by atoms with van der Waals surface area (Å²) in [4.78, 5) is 1.12. The van der Waals surface area contributed by atoms with Gasteiger partial charge in [0.2, 0.25) is 0 Å². The van der Waals surface area contributed by atoms with Crippen LogP contribution < -0.4 is 5.32 Å². The summed E-state index contributed by atoms with van der Waals surface area (Å²) >= 11 is 7.62. The van der Waals surface area contributed by atoms with E-state index in [-0.39, 0.29) is 5.82 Å². The molecule has 4 heteroatoms. The van der Waals surface area contributed by atoms with E-state index in [1.165, 1.54) is 11.6 Å². The van der Waals surface area contributed by atoms with Crippen molar-refractivity contribution in [3.63, 3.8) is 0 Å². The van der Waals surface area contributed by atoms with Crippen LogP contribution in [0.15, 0.2) is 47.4 Å². The van der Waals surface area contributed by atoms with Crippen molar-refractivity contribution in [2.45, 2.75) is 30.5 Å². The molecule has 2 aromatic carbocycles. The lowest BCUT2D eigenvalue weighted by molar-refractivity contribution is 0.617. The fourth-order valence-electron chi connectivity index (χ4n) is 1.94. The highest BCUT2D eigenvalue weighted by atomic mass is 35.5. The van der Waals surface area contributed by atoms with Gasteiger partial charge in [0.15, 0.2) is 0 Å². The second kappa shape index (κ2) is 8.42. The molecule has 2 aromatic rings. The van der Waals surface area contributed by atoms with Crippen LogP contribution in [0.4, 0.5) is 4.39 Å². The number of halogens is 2. The molecule has 0 unspecified atom stereocenters. The molecule has 0 aliphatic carbocycles. The van der Waals surface area contributed by atoms with E-state index >= 15 is 0 Å². The smallest absolute Gasteiger partial charge is 0.128 e. The zero-order valence-corrected chi connectivity index (χ0v) is 13.6. The molecule has 0 saturated heterocycles. The van der Waals surface area contributed by atoms with E-state index in [2.05, 4.69) is 36.5 Å². The minimum atomic E-state index is -0.240. The topological polar surface area (TPSA) is 12.0 Å². The van der Waals surface area contributed by atoms with Crippen LogP contribution in [0.1, 0.15) is 24.5 Å². The standard InChI is InChI=1S/C17H19ClFNS/c1-2-10-20-11-13-6-8-14(9-7-13)21-12-15-16(18)4-3-5-17(15)19/h3-9,20H,2,10-12H2,1H3. The quantitative estimate of drug-likeness (QED) is 0.550. The molecule has 0 heterocycles. The molecule has 1 nitrogen and oxygen atoms in total. The van der Waals surface area contributed by atoms with E-state index in [1.807, 2.05) is 0 Å².